The highest BCUT2D eigenvalue weighted by Crippen LogP contribution is 2.28. The standard InChI is InChI=1S/C20H20FN5O.ClH/c1-26-18(13-7-3-4-8-14(13)21)25-16-17(22)23-15(24-19(16)26)9-12-20(27)10-5-2-6-11-20;/h3-4,7-8,27H,2,5-6,10-11H2,1H3,(H2,22,23,24);1H. The van der Waals surface area contributed by atoms with Gasteiger partial charge in [-0.15, -0.1) is 12.4 Å². The Labute approximate surface area is 168 Å². The van der Waals surface area contributed by atoms with Crippen LogP contribution in [0.1, 0.15) is 37.9 Å². The number of aromatic nitrogens is 4. The molecule has 146 valence electrons. The lowest BCUT2D eigenvalue weighted by Gasteiger charge is -2.26. The monoisotopic (exact) mass is 401 g/mol. The normalized spacial score (nSPS) is 15.5. The topological polar surface area (TPSA) is 89.9 Å². The van der Waals surface area contributed by atoms with Crippen LogP contribution in [0.4, 0.5) is 10.2 Å². The molecule has 0 bridgehead atoms. The van der Waals surface area contributed by atoms with Crippen LogP contribution >= 0.6 is 12.4 Å². The molecule has 4 rings (SSSR count). The first-order valence-electron chi connectivity index (χ1n) is 8.97. The molecule has 0 saturated heterocycles. The van der Waals surface area contributed by atoms with E-state index in [1.54, 1.807) is 29.8 Å². The van der Waals surface area contributed by atoms with E-state index < -0.39 is 5.60 Å². The summed E-state index contributed by atoms with van der Waals surface area (Å²) < 4.78 is 15.8. The zero-order chi connectivity index (χ0) is 19.0. The van der Waals surface area contributed by atoms with Crippen LogP contribution < -0.4 is 5.73 Å². The molecule has 0 spiro atoms. The van der Waals surface area contributed by atoms with Crippen LogP contribution in [-0.2, 0) is 7.05 Å². The number of benzene rings is 1. The Kier molecular flexibility index (Phi) is 5.54. The predicted octanol–water partition coefficient (Wildman–Crippen LogP) is 3.22. The first-order chi connectivity index (χ1) is 13.0. The van der Waals surface area contributed by atoms with Crippen molar-refractivity contribution < 1.29 is 9.50 Å². The molecule has 1 aromatic carbocycles. The zero-order valence-electron chi connectivity index (χ0n) is 15.4. The number of imidazole rings is 1. The van der Waals surface area contributed by atoms with Gasteiger partial charge < -0.3 is 15.4 Å². The van der Waals surface area contributed by atoms with Crippen LogP contribution in [0.2, 0.25) is 0 Å². The van der Waals surface area contributed by atoms with Gasteiger partial charge in [0.1, 0.15) is 17.2 Å². The Bertz CT molecular complexity index is 1080. The molecule has 2 heterocycles. The molecular weight excluding hydrogens is 381 g/mol. The summed E-state index contributed by atoms with van der Waals surface area (Å²) in [5.74, 6) is 6.21. The van der Waals surface area contributed by atoms with Crippen molar-refractivity contribution in [2.24, 2.45) is 7.05 Å². The number of nitrogens with zero attached hydrogens (tertiary/aromatic N) is 4. The van der Waals surface area contributed by atoms with Crippen LogP contribution in [0.15, 0.2) is 24.3 Å². The van der Waals surface area contributed by atoms with Crippen molar-refractivity contribution in [2.45, 2.75) is 37.7 Å². The summed E-state index contributed by atoms with van der Waals surface area (Å²) in [5, 5.41) is 10.5. The highest BCUT2D eigenvalue weighted by Gasteiger charge is 2.26. The molecule has 3 N–H and O–H groups in total. The smallest absolute Gasteiger partial charge is 0.209 e. The van der Waals surface area contributed by atoms with Gasteiger partial charge in [0.05, 0.1) is 5.56 Å². The van der Waals surface area contributed by atoms with E-state index in [1.807, 2.05) is 0 Å². The fourth-order valence-electron chi connectivity index (χ4n) is 3.46. The third-order valence-corrected chi connectivity index (χ3v) is 4.95. The largest absolute Gasteiger partial charge is 0.382 e. The van der Waals surface area contributed by atoms with Gasteiger partial charge in [0.25, 0.3) is 0 Å². The van der Waals surface area contributed by atoms with Crippen molar-refractivity contribution in [1.82, 2.24) is 19.5 Å². The second-order valence-corrected chi connectivity index (χ2v) is 6.92. The molecule has 0 atom stereocenters. The Morgan fingerprint density at radius 1 is 1.14 bits per heavy atom. The molecule has 0 unspecified atom stereocenters. The summed E-state index contributed by atoms with van der Waals surface area (Å²) in [5.41, 5.74) is 6.29. The van der Waals surface area contributed by atoms with Gasteiger partial charge in [-0.2, -0.15) is 0 Å². The van der Waals surface area contributed by atoms with Gasteiger partial charge in [0, 0.05) is 7.05 Å². The Hall–Kier alpha value is -2.69. The van der Waals surface area contributed by atoms with Crippen molar-refractivity contribution in [3.63, 3.8) is 0 Å². The van der Waals surface area contributed by atoms with E-state index in [-0.39, 0.29) is 29.9 Å². The van der Waals surface area contributed by atoms with Gasteiger partial charge in [0.15, 0.2) is 17.0 Å². The molecule has 0 amide bonds. The van der Waals surface area contributed by atoms with E-state index >= 15 is 0 Å². The van der Waals surface area contributed by atoms with Crippen molar-refractivity contribution in [3.8, 4) is 23.2 Å². The summed E-state index contributed by atoms with van der Waals surface area (Å²) in [6.07, 6.45) is 4.34. The van der Waals surface area contributed by atoms with E-state index in [0.29, 0.717) is 35.4 Å². The summed E-state index contributed by atoms with van der Waals surface area (Å²) in [6, 6.07) is 6.40. The fourth-order valence-corrected chi connectivity index (χ4v) is 3.46. The maximum Gasteiger partial charge on any atom is 0.209 e. The van der Waals surface area contributed by atoms with E-state index in [4.69, 9.17) is 5.73 Å². The second-order valence-electron chi connectivity index (χ2n) is 6.92. The van der Waals surface area contributed by atoms with Crippen molar-refractivity contribution in [1.29, 1.82) is 0 Å². The molecule has 1 fully saturated rings. The minimum absolute atomic E-state index is 0. The molecule has 6 nitrogen and oxygen atoms in total. The van der Waals surface area contributed by atoms with Gasteiger partial charge in [-0.05, 0) is 43.7 Å². The number of nitrogens with two attached hydrogens (primary N) is 1. The van der Waals surface area contributed by atoms with Gasteiger partial charge in [-0.1, -0.05) is 24.5 Å². The van der Waals surface area contributed by atoms with Gasteiger partial charge in [-0.3, -0.25) is 0 Å². The van der Waals surface area contributed by atoms with Crippen molar-refractivity contribution >= 4 is 29.4 Å². The van der Waals surface area contributed by atoms with E-state index in [0.717, 1.165) is 19.3 Å². The molecule has 1 aliphatic rings. The zero-order valence-corrected chi connectivity index (χ0v) is 16.3. The van der Waals surface area contributed by atoms with Crippen LogP contribution in [0.3, 0.4) is 0 Å². The number of aliphatic hydroxyl groups is 1. The Morgan fingerprint density at radius 2 is 1.86 bits per heavy atom. The lowest BCUT2D eigenvalue weighted by molar-refractivity contribution is 0.0610. The lowest BCUT2D eigenvalue weighted by atomic mass is 9.85. The van der Waals surface area contributed by atoms with Crippen LogP contribution in [0.25, 0.3) is 22.6 Å². The maximum atomic E-state index is 14.2. The summed E-state index contributed by atoms with van der Waals surface area (Å²) >= 11 is 0. The molecule has 8 heteroatoms. The molecule has 3 aromatic rings. The second kappa shape index (κ2) is 7.74. The predicted molar refractivity (Wildman–Crippen MR) is 108 cm³/mol. The Morgan fingerprint density at radius 3 is 2.57 bits per heavy atom. The van der Waals surface area contributed by atoms with E-state index in [9.17, 15) is 9.50 Å². The summed E-state index contributed by atoms with van der Waals surface area (Å²) in [4.78, 5) is 13.1. The quantitative estimate of drug-likeness (QED) is 0.611. The number of halogens is 2. The van der Waals surface area contributed by atoms with Gasteiger partial charge in [-0.25, -0.2) is 19.3 Å². The number of aryl methyl sites for hydroxylation is 1. The summed E-state index contributed by atoms with van der Waals surface area (Å²) in [7, 11) is 1.75. The molecule has 0 aliphatic heterocycles. The number of fused-ring (bicyclic) bond motifs is 1. The highest BCUT2D eigenvalue weighted by atomic mass is 35.5. The molecule has 28 heavy (non-hydrogen) atoms. The highest BCUT2D eigenvalue weighted by molar-refractivity contribution is 5.86. The number of hydrogen-bond donors (Lipinski definition) is 2. The van der Waals surface area contributed by atoms with Crippen LogP contribution in [-0.4, -0.2) is 30.2 Å². The Balaban J connectivity index is 0.00000225. The molecular formula is C20H21ClFN5O. The summed E-state index contributed by atoms with van der Waals surface area (Å²) in [6.45, 7) is 0. The minimum atomic E-state index is -0.990. The van der Waals surface area contributed by atoms with E-state index in [2.05, 4.69) is 26.8 Å². The average molecular weight is 402 g/mol. The molecule has 1 saturated carbocycles. The van der Waals surface area contributed by atoms with Crippen LogP contribution in [0, 0.1) is 17.7 Å². The lowest BCUT2D eigenvalue weighted by Crippen LogP contribution is -2.29. The first-order valence-corrected chi connectivity index (χ1v) is 8.97. The molecule has 1 aliphatic carbocycles. The van der Waals surface area contributed by atoms with Crippen molar-refractivity contribution in [2.75, 3.05) is 5.73 Å². The molecule has 2 aromatic heterocycles. The van der Waals surface area contributed by atoms with Gasteiger partial charge in [0.2, 0.25) is 5.82 Å². The third-order valence-electron chi connectivity index (χ3n) is 4.95. The molecule has 0 radical (unpaired) electrons. The number of nitrogen functional groups attached to an aromatic ring is 1. The minimum Gasteiger partial charge on any atom is -0.382 e. The number of hydrogen-bond acceptors (Lipinski definition) is 5. The van der Waals surface area contributed by atoms with Crippen LogP contribution in [0.5, 0.6) is 0 Å². The maximum absolute atomic E-state index is 14.2. The van der Waals surface area contributed by atoms with Crippen molar-refractivity contribution in [3.05, 3.63) is 35.9 Å². The van der Waals surface area contributed by atoms with Gasteiger partial charge >= 0.3 is 0 Å². The first kappa shape index (κ1) is 20.1. The number of anilines is 1. The SMILES string of the molecule is Cl.Cn1c(-c2ccccc2F)nc2c(N)nc(C#CC3(O)CCCCC3)nc21. The third kappa shape index (κ3) is 3.66. The number of rotatable bonds is 1. The fraction of sp³-hybridized carbons (Fsp3) is 0.350. The van der Waals surface area contributed by atoms with E-state index in [1.165, 1.54) is 6.07 Å². The average Bonchev–Trinajstić information content (AvgIpc) is 2.99.